The minimum atomic E-state index is -0.0343. The van der Waals surface area contributed by atoms with Crippen molar-refractivity contribution in [3.63, 3.8) is 0 Å². The Morgan fingerprint density at radius 1 is 1.42 bits per heavy atom. The summed E-state index contributed by atoms with van der Waals surface area (Å²) in [7, 11) is 1.75. The average molecular weight is 173 g/mol. The molecule has 1 unspecified atom stereocenters. The molecule has 0 aromatic carbocycles. The number of nitrogens with one attached hydrogen (secondary N) is 1. The lowest BCUT2D eigenvalue weighted by Crippen LogP contribution is -2.38. The number of hydrogen-bond donors (Lipinski definition) is 1. The molecule has 0 amide bonds. The first-order valence-electron chi connectivity index (χ1n) is 4.77. The quantitative estimate of drug-likeness (QED) is 0.663. The van der Waals surface area contributed by atoms with E-state index >= 15 is 0 Å². The van der Waals surface area contributed by atoms with Gasteiger partial charge in [-0.1, -0.05) is 20.3 Å². The molecule has 0 aliphatic rings. The lowest BCUT2D eigenvalue weighted by atomic mass is 10.1. The van der Waals surface area contributed by atoms with Crippen LogP contribution in [-0.2, 0) is 4.74 Å². The first-order chi connectivity index (χ1) is 5.52. The summed E-state index contributed by atoms with van der Waals surface area (Å²) < 4.78 is 5.29. The lowest BCUT2D eigenvalue weighted by Gasteiger charge is -2.24. The SMILES string of the molecule is CCC(C)CNCC(C)(C)OC. The highest BCUT2D eigenvalue weighted by Gasteiger charge is 2.15. The van der Waals surface area contributed by atoms with E-state index in [4.69, 9.17) is 4.74 Å². The fraction of sp³-hybridized carbons (Fsp3) is 1.00. The summed E-state index contributed by atoms with van der Waals surface area (Å²) in [6.45, 7) is 10.7. The third-order valence-corrected chi connectivity index (χ3v) is 2.29. The Bertz CT molecular complexity index is 112. The maximum Gasteiger partial charge on any atom is 0.0746 e. The van der Waals surface area contributed by atoms with Crippen molar-refractivity contribution in [2.45, 2.75) is 39.7 Å². The highest BCUT2D eigenvalue weighted by atomic mass is 16.5. The standard InChI is InChI=1S/C10H23NO/c1-6-9(2)7-11-8-10(3,4)12-5/h9,11H,6-8H2,1-5H3. The van der Waals surface area contributed by atoms with Crippen LogP contribution in [-0.4, -0.2) is 25.8 Å². The molecule has 0 spiro atoms. The van der Waals surface area contributed by atoms with Gasteiger partial charge in [0.05, 0.1) is 5.60 Å². The topological polar surface area (TPSA) is 21.3 Å². The Morgan fingerprint density at radius 2 is 2.00 bits per heavy atom. The zero-order chi connectivity index (χ0) is 9.61. The zero-order valence-corrected chi connectivity index (χ0v) is 9.11. The Balaban J connectivity index is 3.42. The van der Waals surface area contributed by atoms with Gasteiger partial charge in [-0.2, -0.15) is 0 Å². The molecule has 2 nitrogen and oxygen atoms in total. The molecule has 0 fully saturated rings. The van der Waals surface area contributed by atoms with E-state index in [1.807, 2.05) is 0 Å². The summed E-state index contributed by atoms with van der Waals surface area (Å²) in [6, 6.07) is 0. The van der Waals surface area contributed by atoms with Crippen molar-refractivity contribution < 1.29 is 4.74 Å². The third kappa shape index (κ3) is 5.56. The molecular formula is C10H23NO. The predicted molar refractivity (Wildman–Crippen MR) is 53.4 cm³/mol. The molecule has 1 N–H and O–H groups in total. The van der Waals surface area contributed by atoms with E-state index in [-0.39, 0.29) is 5.60 Å². The lowest BCUT2D eigenvalue weighted by molar-refractivity contribution is 0.0228. The summed E-state index contributed by atoms with van der Waals surface area (Å²) in [5.41, 5.74) is -0.0343. The zero-order valence-electron chi connectivity index (χ0n) is 9.11. The molecule has 0 aliphatic carbocycles. The van der Waals surface area contributed by atoms with Crippen LogP contribution in [0.15, 0.2) is 0 Å². The largest absolute Gasteiger partial charge is 0.377 e. The van der Waals surface area contributed by atoms with E-state index in [1.165, 1.54) is 6.42 Å². The molecule has 0 bridgehead atoms. The molecule has 0 saturated carbocycles. The van der Waals surface area contributed by atoms with E-state index in [1.54, 1.807) is 7.11 Å². The fourth-order valence-electron chi connectivity index (χ4n) is 0.836. The second kappa shape index (κ2) is 5.55. The molecule has 0 rings (SSSR count). The van der Waals surface area contributed by atoms with Crippen LogP contribution in [0, 0.1) is 5.92 Å². The van der Waals surface area contributed by atoms with Crippen molar-refractivity contribution in [3.05, 3.63) is 0 Å². The highest BCUT2D eigenvalue weighted by molar-refractivity contribution is 4.71. The number of rotatable bonds is 6. The molecule has 1 atom stereocenters. The van der Waals surface area contributed by atoms with Crippen molar-refractivity contribution in [3.8, 4) is 0 Å². The monoisotopic (exact) mass is 173 g/mol. The van der Waals surface area contributed by atoms with Crippen LogP contribution in [0.4, 0.5) is 0 Å². The summed E-state index contributed by atoms with van der Waals surface area (Å²) in [5.74, 6) is 0.762. The molecule has 0 saturated heterocycles. The van der Waals surface area contributed by atoms with E-state index in [0.29, 0.717) is 0 Å². The van der Waals surface area contributed by atoms with Gasteiger partial charge in [-0.15, -0.1) is 0 Å². The van der Waals surface area contributed by atoms with Crippen molar-refractivity contribution in [2.75, 3.05) is 20.2 Å². The average Bonchev–Trinajstić information content (AvgIpc) is 2.04. The van der Waals surface area contributed by atoms with Crippen LogP contribution in [0.25, 0.3) is 0 Å². The first-order valence-corrected chi connectivity index (χ1v) is 4.77. The van der Waals surface area contributed by atoms with Crippen molar-refractivity contribution >= 4 is 0 Å². The van der Waals surface area contributed by atoms with Gasteiger partial charge in [0, 0.05) is 13.7 Å². The third-order valence-electron chi connectivity index (χ3n) is 2.29. The van der Waals surface area contributed by atoms with Gasteiger partial charge in [0.15, 0.2) is 0 Å². The van der Waals surface area contributed by atoms with Gasteiger partial charge >= 0.3 is 0 Å². The Labute approximate surface area is 76.7 Å². The van der Waals surface area contributed by atoms with Crippen LogP contribution in [0.5, 0.6) is 0 Å². The second-order valence-electron chi connectivity index (χ2n) is 4.11. The number of ether oxygens (including phenoxy) is 1. The Morgan fingerprint density at radius 3 is 2.42 bits per heavy atom. The second-order valence-corrected chi connectivity index (χ2v) is 4.11. The maximum atomic E-state index is 5.29. The van der Waals surface area contributed by atoms with E-state index < -0.39 is 0 Å². The fourth-order valence-corrected chi connectivity index (χ4v) is 0.836. The van der Waals surface area contributed by atoms with Gasteiger partial charge in [-0.3, -0.25) is 0 Å². The summed E-state index contributed by atoms with van der Waals surface area (Å²) in [5, 5.41) is 3.40. The first kappa shape index (κ1) is 11.9. The molecule has 2 heteroatoms. The normalized spacial score (nSPS) is 14.8. The smallest absolute Gasteiger partial charge is 0.0746 e. The molecule has 0 aromatic heterocycles. The van der Waals surface area contributed by atoms with Gasteiger partial charge in [-0.05, 0) is 26.3 Å². The molecule has 0 heterocycles. The summed E-state index contributed by atoms with van der Waals surface area (Å²) >= 11 is 0. The molecule has 0 aromatic rings. The van der Waals surface area contributed by atoms with Gasteiger partial charge in [0.1, 0.15) is 0 Å². The number of methoxy groups -OCH3 is 1. The Hall–Kier alpha value is -0.0800. The maximum absolute atomic E-state index is 5.29. The van der Waals surface area contributed by atoms with Crippen molar-refractivity contribution in [1.29, 1.82) is 0 Å². The van der Waals surface area contributed by atoms with Gasteiger partial charge in [0.2, 0.25) is 0 Å². The van der Waals surface area contributed by atoms with Crippen LogP contribution in [0.3, 0.4) is 0 Å². The molecular weight excluding hydrogens is 150 g/mol. The van der Waals surface area contributed by atoms with Crippen LogP contribution >= 0.6 is 0 Å². The minimum Gasteiger partial charge on any atom is -0.377 e. The van der Waals surface area contributed by atoms with Crippen LogP contribution in [0.1, 0.15) is 34.1 Å². The van der Waals surface area contributed by atoms with Crippen molar-refractivity contribution in [1.82, 2.24) is 5.32 Å². The van der Waals surface area contributed by atoms with E-state index in [2.05, 4.69) is 33.0 Å². The highest BCUT2D eigenvalue weighted by Crippen LogP contribution is 2.05. The van der Waals surface area contributed by atoms with Gasteiger partial charge in [0.25, 0.3) is 0 Å². The summed E-state index contributed by atoms with van der Waals surface area (Å²) in [4.78, 5) is 0. The van der Waals surface area contributed by atoms with Crippen LogP contribution in [0.2, 0.25) is 0 Å². The number of hydrogen-bond acceptors (Lipinski definition) is 2. The van der Waals surface area contributed by atoms with Crippen LogP contribution < -0.4 is 5.32 Å². The predicted octanol–water partition coefficient (Wildman–Crippen LogP) is 2.05. The summed E-state index contributed by atoms with van der Waals surface area (Å²) in [6.07, 6.45) is 1.24. The van der Waals surface area contributed by atoms with E-state index in [0.717, 1.165) is 19.0 Å². The molecule has 0 aliphatic heterocycles. The molecule has 12 heavy (non-hydrogen) atoms. The van der Waals surface area contributed by atoms with Crippen molar-refractivity contribution in [2.24, 2.45) is 5.92 Å². The van der Waals surface area contributed by atoms with Gasteiger partial charge in [-0.25, -0.2) is 0 Å². The van der Waals surface area contributed by atoms with Gasteiger partial charge < -0.3 is 10.1 Å². The Kier molecular flexibility index (Phi) is 5.51. The minimum absolute atomic E-state index is 0.0343. The van der Waals surface area contributed by atoms with E-state index in [9.17, 15) is 0 Å². The molecule has 0 radical (unpaired) electrons. The molecule has 74 valence electrons.